The van der Waals surface area contributed by atoms with E-state index in [2.05, 4.69) is 10.0 Å². The number of likely N-dealkylation sites (N-methyl/N-ethyl adjacent to an activating group) is 1. The van der Waals surface area contributed by atoms with Crippen LogP contribution in [0.5, 0.6) is 5.75 Å². The molecule has 1 fully saturated rings. The molecular weight excluding hydrogens is 276 g/mol. The van der Waals surface area contributed by atoms with E-state index in [-0.39, 0.29) is 4.90 Å². The SMILES string of the molecule is CNCCOc1ccc(S(=O)(=O)NCCC2CC2)cc1. The Bertz CT molecular complexity index is 510. The number of hydrogen-bond donors (Lipinski definition) is 2. The fourth-order valence-corrected chi connectivity index (χ4v) is 2.92. The second-order valence-corrected chi connectivity index (χ2v) is 6.82. The molecule has 0 saturated heterocycles. The minimum atomic E-state index is -3.39. The lowest BCUT2D eigenvalue weighted by Gasteiger charge is -2.08. The molecule has 0 spiro atoms. The summed E-state index contributed by atoms with van der Waals surface area (Å²) in [4.78, 5) is 0.286. The fraction of sp³-hybridized carbons (Fsp3) is 0.571. The monoisotopic (exact) mass is 298 g/mol. The Morgan fingerprint density at radius 1 is 1.20 bits per heavy atom. The first-order valence-electron chi connectivity index (χ1n) is 6.99. The Morgan fingerprint density at radius 3 is 2.50 bits per heavy atom. The normalized spacial score (nSPS) is 15.2. The zero-order valence-electron chi connectivity index (χ0n) is 11.8. The van der Waals surface area contributed by atoms with Crippen molar-refractivity contribution in [1.29, 1.82) is 0 Å². The molecule has 1 aliphatic carbocycles. The minimum Gasteiger partial charge on any atom is -0.492 e. The van der Waals surface area contributed by atoms with E-state index in [1.165, 1.54) is 12.8 Å². The number of rotatable bonds is 9. The Labute approximate surface area is 120 Å². The van der Waals surface area contributed by atoms with Crippen LogP contribution >= 0.6 is 0 Å². The van der Waals surface area contributed by atoms with Gasteiger partial charge < -0.3 is 10.1 Å². The van der Waals surface area contributed by atoms with Crippen LogP contribution in [-0.4, -0.2) is 35.2 Å². The molecule has 0 radical (unpaired) electrons. The third-order valence-electron chi connectivity index (χ3n) is 3.30. The molecule has 6 heteroatoms. The zero-order chi connectivity index (χ0) is 14.4. The van der Waals surface area contributed by atoms with Crippen molar-refractivity contribution in [3.05, 3.63) is 24.3 Å². The van der Waals surface area contributed by atoms with Crippen LogP contribution in [0.2, 0.25) is 0 Å². The number of benzene rings is 1. The average molecular weight is 298 g/mol. The maximum absolute atomic E-state index is 12.0. The van der Waals surface area contributed by atoms with Crippen LogP contribution < -0.4 is 14.8 Å². The van der Waals surface area contributed by atoms with E-state index in [1.807, 2.05) is 7.05 Å². The lowest BCUT2D eigenvalue weighted by Crippen LogP contribution is -2.25. The van der Waals surface area contributed by atoms with E-state index >= 15 is 0 Å². The largest absolute Gasteiger partial charge is 0.492 e. The van der Waals surface area contributed by atoms with Crippen molar-refractivity contribution in [2.75, 3.05) is 26.7 Å². The summed E-state index contributed by atoms with van der Waals surface area (Å²) in [5.74, 6) is 1.40. The highest BCUT2D eigenvalue weighted by Crippen LogP contribution is 2.31. The van der Waals surface area contributed by atoms with E-state index < -0.39 is 10.0 Å². The van der Waals surface area contributed by atoms with Crippen LogP contribution in [0.4, 0.5) is 0 Å². The predicted molar refractivity (Wildman–Crippen MR) is 78.4 cm³/mol. The van der Waals surface area contributed by atoms with Gasteiger partial charge in [-0.1, -0.05) is 12.8 Å². The summed E-state index contributed by atoms with van der Waals surface area (Å²) in [5, 5.41) is 2.98. The third kappa shape index (κ3) is 4.77. The van der Waals surface area contributed by atoms with Gasteiger partial charge in [-0.05, 0) is 43.7 Å². The van der Waals surface area contributed by atoms with Gasteiger partial charge in [-0.15, -0.1) is 0 Å². The maximum atomic E-state index is 12.0. The molecule has 0 bridgehead atoms. The topological polar surface area (TPSA) is 67.4 Å². The van der Waals surface area contributed by atoms with Gasteiger partial charge in [0, 0.05) is 13.1 Å². The minimum absolute atomic E-state index is 0.286. The molecule has 1 aromatic carbocycles. The third-order valence-corrected chi connectivity index (χ3v) is 4.77. The Balaban J connectivity index is 1.86. The van der Waals surface area contributed by atoms with E-state index in [0.29, 0.717) is 18.9 Å². The quantitative estimate of drug-likeness (QED) is 0.676. The first-order chi connectivity index (χ1) is 9.62. The van der Waals surface area contributed by atoms with Gasteiger partial charge in [0.25, 0.3) is 0 Å². The summed E-state index contributed by atoms with van der Waals surface area (Å²) in [6.45, 7) is 1.83. The molecule has 1 aromatic rings. The number of sulfonamides is 1. The maximum Gasteiger partial charge on any atom is 0.240 e. The van der Waals surface area contributed by atoms with Gasteiger partial charge in [0.2, 0.25) is 10.0 Å². The lowest BCUT2D eigenvalue weighted by molar-refractivity contribution is 0.318. The van der Waals surface area contributed by atoms with Gasteiger partial charge in [0.1, 0.15) is 12.4 Å². The van der Waals surface area contributed by atoms with E-state index in [9.17, 15) is 8.42 Å². The average Bonchev–Trinajstić information content (AvgIpc) is 3.24. The van der Waals surface area contributed by atoms with Gasteiger partial charge >= 0.3 is 0 Å². The molecule has 20 heavy (non-hydrogen) atoms. The summed E-state index contributed by atoms with van der Waals surface area (Å²) < 4.78 is 32.2. The number of ether oxygens (including phenoxy) is 1. The van der Waals surface area contributed by atoms with Crippen LogP contribution in [0.1, 0.15) is 19.3 Å². The first kappa shape index (κ1) is 15.3. The van der Waals surface area contributed by atoms with Gasteiger partial charge in [-0.3, -0.25) is 0 Å². The predicted octanol–water partition coefficient (Wildman–Crippen LogP) is 1.36. The number of hydrogen-bond acceptors (Lipinski definition) is 4. The second-order valence-electron chi connectivity index (χ2n) is 5.05. The lowest BCUT2D eigenvalue weighted by atomic mass is 10.3. The molecule has 0 heterocycles. The molecule has 0 unspecified atom stereocenters. The number of nitrogens with one attached hydrogen (secondary N) is 2. The Kier molecular flexibility index (Phi) is 5.39. The zero-order valence-corrected chi connectivity index (χ0v) is 12.6. The molecule has 0 amide bonds. The van der Waals surface area contributed by atoms with Crippen molar-refractivity contribution < 1.29 is 13.2 Å². The summed E-state index contributed by atoms with van der Waals surface area (Å²) in [5.41, 5.74) is 0. The van der Waals surface area contributed by atoms with Gasteiger partial charge in [-0.2, -0.15) is 0 Å². The molecule has 1 aliphatic rings. The summed E-state index contributed by atoms with van der Waals surface area (Å²) in [7, 11) is -1.53. The highest BCUT2D eigenvalue weighted by Gasteiger charge is 2.22. The smallest absolute Gasteiger partial charge is 0.240 e. The van der Waals surface area contributed by atoms with Gasteiger partial charge in [-0.25, -0.2) is 13.1 Å². The van der Waals surface area contributed by atoms with Crippen molar-refractivity contribution in [2.45, 2.75) is 24.2 Å². The molecular formula is C14H22N2O3S. The van der Waals surface area contributed by atoms with Crippen LogP contribution in [0.25, 0.3) is 0 Å². The van der Waals surface area contributed by atoms with Crippen molar-refractivity contribution >= 4 is 10.0 Å². The fourth-order valence-electron chi connectivity index (χ4n) is 1.87. The van der Waals surface area contributed by atoms with Crippen molar-refractivity contribution in [1.82, 2.24) is 10.0 Å². The summed E-state index contributed by atoms with van der Waals surface area (Å²) in [6.07, 6.45) is 3.41. The van der Waals surface area contributed by atoms with Crippen molar-refractivity contribution in [3.63, 3.8) is 0 Å². The molecule has 0 aliphatic heterocycles. The van der Waals surface area contributed by atoms with E-state index in [1.54, 1.807) is 24.3 Å². The van der Waals surface area contributed by atoms with Crippen molar-refractivity contribution in [2.24, 2.45) is 5.92 Å². The van der Waals surface area contributed by atoms with Gasteiger partial charge in [0.05, 0.1) is 4.90 Å². The summed E-state index contributed by atoms with van der Waals surface area (Å²) in [6, 6.07) is 6.53. The second kappa shape index (κ2) is 7.06. The molecule has 2 rings (SSSR count). The standard InChI is InChI=1S/C14H22N2O3S/c1-15-10-11-19-13-4-6-14(7-5-13)20(17,18)16-9-8-12-2-3-12/h4-7,12,15-16H,2-3,8-11H2,1H3. The highest BCUT2D eigenvalue weighted by atomic mass is 32.2. The van der Waals surface area contributed by atoms with Crippen LogP contribution in [0, 0.1) is 5.92 Å². The van der Waals surface area contributed by atoms with E-state index in [0.717, 1.165) is 18.9 Å². The van der Waals surface area contributed by atoms with Crippen LogP contribution in [0.15, 0.2) is 29.2 Å². The first-order valence-corrected chi connectivity index (χ1v) is 8.47. The van der Waals surface area contributed by atoms with Crippen molar-refractivity contribution in [3.8, 4) is 5.75 Å². The molecule has 2 N–H and O–H groups in total. The molecule has 0 aromatic heterocycles. The Morgan fingerprint density at radius 2 is 1.90 bits per heavy atom. The molecule has 5 nitrogen and oxygen atoms in total. The summed E-state index contributed by atoms with van der Waals surface area (Å²) >= 11 is 0. The van der Waals surface area contributed by atoms with Gasteiger partial charge in [0.15, 0.2) is 0 Å². The highest BCUT2D eigenvalue weighted by molar-refractivity contribution is 7.89. The molecule has 112 valence electrons. The molecule has 0 atom stereocenters. The van der Waals surface area contributed by atoms with Crippen LogP contribution in [0.3, 0.4) is 0 Å². The van der Waals surface area contributed by atoms with E-state index in [4.69, 9.17) is 4.74 Å². The van der Waals surface area contributed by atoms with Crippen LogP contribution in [-0.2, 0) is 10.0 Å². The molecule has 1 saturated carbocycles. The Hall–Kier alpha value is -1.11.